The van der Waals surface area contributed by atoms with Gasteiger partial charge in [-0.25, -0.2) is 13.6 Å². The van der Waals surface area contributed by atoms with Gasteiger partial charge in [0, 0.05) is 28.7 Å². The van der Waals surface area contributed by atoms with Crippen molar-refractivity contribution in [2.45, 2.75) is 11.3 Å². The number of hydrogen-bond donors (Lipinski definition) is 3. The number of nitrogens with one attached hydrogen (secondary N) is 1. The number of sulfonamides is 1. The van der Waals surface area contributed by atoms with Crippen molar-refractivity contribution in [1.82, 2.24) is 0 Å². The molecule has 0 aliphatic rings. The van der Waals surface area contributed by atoms with E-state index in [-0.39, 0.29) is 22.9 Å². The fourth-order valence-electron chi connectivity index (χ4n) is 3.67. The van der Waals surface area contributed by atoms with Gasteiger partial charge in [-0.2, -0.15) is 0 Å². The van der Waals surface area contributed by atoms with Gasteiger partial charge in [-0.3, -0.25) is 10.2 Å². The van der Waals surface area contributed by atoms with Gasteiger partial charge >= 0.3 is 0 Å². The van der Waals surface area contributed by atoms with Crippen molar-refractivity contribution < 1.29 is 17.9 Å². The Morgan fingerprint density at radius 2 is 1.51 bits per heavy atom. The molecule has 0 aromatic heterocycles. The Balaban J connectivity index is 1.55. The Hall–Kier alpha value is -4.27. The molecule has 0 heterocycles. The van der Waals surface area contributed by atoms with Crippen LogP contribution in [0.4, 0.5) is 0 Å². The number of rotatable bonds is 8. The number of amidine groups is 1. The predicted molar refractivity (Wildman–Crippen MR) is 135 cm³/mol. The second-order valence-electron chi connectivity index (χ2n) is 7.87. The monoisotopic (exact) mass is 485 g/mol. The van der Waals surface area contributed by atoms with Crippen LogP contribution in [0.2, 0.25) is 0 Å². The van der Waals surface area contributed by atoms with Gasteiger partial charge in [-0.05, 0) is 29.8 Å². The molecule has 0 amide bonds. The maximum atomic E-state index is 13.0. The number of benzene rings is 4. The molecule has 0 bridgehead atoms. The van der Waals surface area contributed by atoms with E-state index in [2.05, 4.69) is 0 Å². The summed E-state index contributed by atoms with van der Waals surface area (Å²) in [4.78, 5) is 13.0. The Kier molecular flexibility index (Phi) is 6.77. The van der Waals surface area contributed by atoms with Crippen LogP contribution in [-0.2, 0) is 16.4 Å². The third-order valence-electron chi connectivity index (χ3n) is 5.41. The van der Waals surface area contributed by atoms with Gasteiger partial charge < -0.3 is 10.5 Å². The second kappa shape index (κ2) is 9.92. The standard InChI is InChI=1S/C27H23N3O4S/c28-27(29)21-7-5-8-22(16-21)34-25-10-3-1-6-20(25)17-24(31)19-14-12-18(13-15-19)23-9-2-4-11-26(23)35(30,32)33/h1-16H,17H2,(H3,28,29)(H2,30,32,33). The molecule has 8 heteroatoms. The molecule has 0 atom stereocenters. The Bertz CT molecular complexity index is 1510. The number of ketones is 1. The first-order valence-electron chi connectivity index (χ1n) is 10.7. The van der Waals surface area contributed by atoms with E-state index < -0.39 is 10.0 Å². The lowest BCUT2D eigenvalue weighted by Gasteiger charge is -2.12. The molecule has 0 saturated carbocycles. The van der Waals surface area contributed by atoms with Gasteiger partial charge in [-0.1, -0.05) is 72.8 Å². The topological polar surface area (TPSA) is 136 Å². The number of nitrogen functional groups attached to an aromatic ring is 1. The molecule has 4 rings (SSSR count). The molecule has 35 heavy (non-hydrogen) atoms. The zero-order chi connectivity index (χ0) is 25.0. The maximum Gasteiger partial charge on any atom is 0.238 e. The highest BCUT2D eigenvalue weighted by Gasteiger charge is 2.16. The van der Waals surface area contributed by atoms with E-state index in [0.717, 1.165) is 0 Å². The molecule has 7 nitrogen and oxygen atoms in total. The summed E-state index contributed by atoms with van der Waals surface area (Å²) in [6.45, 7) is 0. The molecular formula is C27H23N3O4S. The molecule has 0 fully saturated rings. The van der Waals surface area contributed by atoms with Crippen LogP contribution in [0.1, 0.15) is 21.5 Å². The molecule has 176 valence electrons. The van der Waals surface area contributed by atoms with Gasteiger partial charge in [0.05, 0.1) is 4.90 Å². The highest BCUT2D eigenvalue weighted by molar-refractivity contribution is 7.89. The summed E-state index contributed by atoms with van der Waals surface area (Å²) < 4.78 is 29.8. The van der Waals surface area contributed by atoms with Crippen molar-refractivity contribution in [3.63, 3.8) is 0 Å². The van der Waals surface area contributed by atoms with Crippen LogP contribution in [0.25, 0.3) is 11.1 Å². The number of nitrogens with two attached hydrogens (primary N) is 2. The van der Waals surface area contributed by atoms with E-state index in [1.807, 2.05) is 18.2 Å². The minimum Gasteiger partial charge on any atom is -0.457 e. The third kappa shape index (κ3) is 5.63. The number of hydrogen-bond acceptors (Lipinski definition) is 5. The number of primary sulfonamides is 1. The molecule has 0 unspecified atom stereocenters. The number of carbonyl (C=O) groups excluding carboxylic acids is 1. The molecule has 0 saturated heterocycles. The lowest BCUT2D eigenvalue weighted by Crippen LogP contribution is -2.13. The first-order valence-corrected chi connectivity index (χ1v) is 12.2. The Labute approximate surface area is 203 Å². The van der Waals surface area contributed by atoms with E-state index in [1.54, 1.807) is 72.8 Å². The van der Waals surface area contributed by atoms with Gasteiger partial charge in [0.25, 0.3) is 0 Å². The van der Waals surface area contributed by atoms with Crippen LogP contribution in [0.15, 0.2) is 102 Å². The number of Topliss-reactive ketones (excluding diaryl/α,β-unsaturated/α-hetero) is 1. The maximum absolute atomic E-state index is 13.0. The average molecular weight is 486 g/mol. The SMILES string of the molecule is N=C(N)c1cccc(Oc2ccccc2CC(=O)c2ccc(-c3ccccc3S(N)(=O)=O)cc2)c1. The second-order valence-corrected chi connectivity index (χ2v) is 9.40. The highest BCUT2D eigenvalue weighted by atomic mass is 32.2. The van der Waals surface area contributed by atoms with Crippen molar-refractivity contribution in [3.8, 4) is 22.6 Å². The largest absolute Gasteiger partial charge is 0.457 e. The molecule has 0 aliphatic carbocycles. The van der Waals surface area contributed by atoms with E-state index in [0.29, 0.717) is 39.3 Å². The number of ether oxygens (including phenoxy) is 1. The summed E-state index contributed by atoms with van der Waals surface area (Å²) in [5, 5.41) is 12.9. The third-order valence-corrected chi connectivity index (χ3v) is 6.38. The Morgan fingerprint density at radius 1 is 0.829 bits per heavy atom. The van der Waals surface area contributed by atoms with Crippen molar-refractivity contribution in [3.05, 3.63) is 114 Å². The lowest BCUT2D eigenvalue weighted by molar-refractivity contribution is 0.0992. The van der Waals surface area contributed by atoms with E-state index in [1.165, 1.54) is 6.07 Å². The van der Waals surface area contributed by atoms with Gasteiger partial charge in [-0.15, -0.1) is 0 Å². The zero-order valence-electron chi connectivity index (χ0n) is 18.6. The first-order chi connectivity index (χ1) is 16.7. The minimum absolute atomic E-state index is 0.0268. The minimum atomic E-state index is -3.89. The molecule has 4 aromatic rings. The van der Waals surface area contributed by atoms with E-state index >= 15 is 0 Å². The fraction of sp³-hybridized carbons (Fsp3) is 0.0370. The molecule has 0 aliphatic heterocycles. The Morgan fingerprint density at radius 3 is 2.23 bits per heavy atom. The van der Waals surface area contributed by atoms with Crippen molar-refractivity contribution in [2.75, 3.05) is 0 Å². The van der Waals surface area contributed by atoms with Gasteiger partial charge in [0.2, 0.25) is 10.0 Å². The quantitative estimate of drug-likeness (QED) is 0.192. The zero-order valence-corrected chi connectivity index (χ0v) is 19.5. The predicted octanol–water partition coefficient (Wildman–Crippen LogP) is 4.50. The number of para-hydroxylation sites is 1. The highest BCUT2D eigenvalue weighted by Crippen LogP contribution is 2.29. The molecule has 5 N–H and O–H groups in total. The molecule has 0 spiro atoms. The van der Waals surface area contributed by atoms with Crippen LogP contribution in [0.5, 0.6) is 11.5 Å². The smallest absolute Gasteiger partial charge is 0.238 e. The summed E-state index contributed by atoms with van der Waals surface area (Å²) >= 11 is 0. The van der Waals surface area contributed by atoms with Crippen molar-refractivity contribution in [1.29, 1.82) is 5.41 Å². The van der Waals surface area contributed by atoms with Crippen LogP contribution in [0.3, 0.4) is 0 Å². The lowest BCUT2D eigenvalue weighted by atomic mass is 9.99. The molecular weight excluding hydrogens is 462 g/mol. The van der Waals surface area contributed by atoms with E-state index in [4.69, 9.17) is 21.0 Å². The van der Waals surface area contributed by atoms with Crippen LogP contribution in [-0.4, -0.2) is 20.0 Å². The van der Waals surface area contributed by atoms with Crippen LogP contribution >= 0.6 is 0 Å². The van der Waals surface area contributed by atoms with Gasteiger partial charge in [0.1, 0.15) is 17.3 Å². The summed E-state index contributed by atoms with van der Waals surface area (Å²) in [5.41, 5.74) is 8.40. The molecule has 0 radical (unpaired) electrons. The number of carbonyl (C=O) groups is 1. The summed E-state index contributed by atoms with van der Waals surface area (Å²) in [5.74, 6) is 0.856. The van der Waals surface area contributed by atoms with Crippen molar-refractivity contribution >= 4 is 21.6 Å². The summed E-state index contributed by atoms with van der Waals surface area (Å²) in [6, 6.07) is 27.3. The first kappa shape index (κ1) is 23.9. The molecule has 4 aromatic carbocycles. The van der Waals surface area contributed by atoms with Crippen molar-refractivity contribution in [2.24, 2.45) is 10.9 Å². The summed E-state index contributed by atoms with van der Waals surface area (Å²) in [6.07, 6.45) is 0.107. The fourth-order valence-corrected chi connectivity index (χ4v) is 4.43. The van der Waals surface area contributed by atoms with Gasteiger partial charge in [0.15, 0.2) is 5.78 Å². The van der Waals surface area contributed by atoms with Crippen LogP contribution in [0, 0.1) is 5.41 Å². The average Bonchev–Trinajstić information content (AvgIpc) is 2.85. The normalized spacial score (nSPS) is 11.1. The van der Waals surface area contributed by atoms with Crippen LogP contribution < -0.4 is 15.6 Å². The summed E-state index contributed by atoms with van der Waals surface area (Å²) in [7, 11) is -3.89. The van der Waals surface area contributed by atoms with E-state index in [9.17, 15) is 13.2 Å².